The number of hydrogen-bond donors (Lipinski definition) is 2. The number of carboxylic acids is 1. The summed E-state index contributed by atoms with van der Waals surface area (Å²) in [4.78, 5) is 12.1. The van der Waals surface area contributed by atoms with Crippen molar-refractivity contribution in [1.82, 2.24) is 0 Å². The third kappa shape index (κ3) is 2.97. The molecule has 2 rings (SSSR count). The minimum absolute atomic E-state index is 0.365. The molecule has 1 aromatic carbocycles. The molecule has 1 atom stereocenters. The zero-order valence-electron chi connectivity index (χ0n) is 10.3. The number of aromatic carboxylic acids is 1. The molecule has 1 aromatic rings. The van der Waals surface area contributed by atoms with Crippen molar-refractivity contribution in [1.29, 1.82) is 0 Å². The maximum atomic E-state index is 11.3. The van der Waals surface area contributed by atoms with Crippen LogP contribution in [0.1, 0.15) is 16.8 Å². The predicted molar refractivity (Wildman–Crippen MR) is 72.6 cm³/mol. The summed E-state index contributed by atoms with van der Waals surface area (Å²) in [7, 11) is 0. The summed E-state index contributed by atoms with van der Waals surface area (Å²) in [5.74, 6) is -0.408. The summed E-state index contributed by atoms with van der Waals surface area (Å²) in [6.07, 6.45) is 2.92. The minimum Gasteiger partial charge on any atom is -0.478 e. The molecule has 0 aliphatic carbocycles. The Hall–Kier alpha value is -1.20. The number of carboxylic acid groups (broad SMARTS) is 1. The molecule has 0 spiro atoms. The maximum absolute atomic E-state index is 11.3. The predicted octanol–water partition coefficient (Wildman–Crippen LogP) is 2.56. The monoisotopic (exact) mass is 267 g/mol. The first-order valence-corrected chi connectivity index (χ1v) is 7.16. The second-order valence-electron chi connectivity index (χ2n) is 4.30. The first-order chi connectivity index (χ1) is 8.72. The van der Waals surface area contributed by atoms with Crippen LogP contribution >= 0.6 is 11.8 Å². The highest BCUT2D eigenvalue weighted by Gasteiger charge is 2.18. The summed E-state index contributed by atoms with van der Waals surface area (Å²) in [5.41, 5.74) is 1.06. The van der Waals surface area contributed by atoms with E-state index in [-0.39, 0.29) is 0 Å². The Morgan fingerprint density at radius 1 is 1.61 bits per heavy atom. The van der Waals surface area contributed by atoms with Crippen LogP contribution in [0, 0.1) is 5.92 Å². The Kier molecular flexibility index (Phi) is 4.49. The SMILES string of the molecule is CSc1cccc(NCC2CCOC2)c1C(=O)O. The van der Waals surface area contributed by atoms with Crippen molar-refractivity contribution in [3.63, 3.8) is 0 Å². The molecule has 0 aromatic heterocycles. The first-order valence-electron chi connectivity index (χ1n) is 5.94. The fraction of sp³-hybridized carbons (Fsp3) is 0.462. The van der Waals surface area contributed by atoms with Crippen molar-refractivity contribution in [3.05, 3.63) is 23.8 Å². The third-order valence-corrected chi connectivity index (χ3v) is 3.85. The van der Waals surface area contributed by atoms with Crippen LogP contribution in [0.3, 0.4) is 0 Å². The molecule has 18 heavy (non-hydrogen) atoms. The van der Waals surface area contributed by atoms with Gasteiger partial charge in [-0.2, -0.15) is 0 Å². The van der Waals surface area contributed by atoms with Gasteiger partial charge in [-0.1, -0.05) is 6.07 Å². The fourth-order valence-electron chi connectivity index (χ4n) is 2.07. The van der Waals surface area contributed by atoms with Gasteiger partial charge in [0.1, 0.15) is 0 Å². The van der Waals surface area contributed by atoms with Crippen molar-refractivity contribution in [2.45, 2.75) is 11.3 Å². The normalized spacial score (nSPS) is 18.8. The van der Waals surface area contributed by atoms with Gasteiger partial charge in [-0.05, 0) is 24.8 Å². The molecule has 98 valence electrons. The van der Waals surface area contributed by atoms with Gasteiger partial charge in [0.25, 0.3) is 0 Å². The van der Waals surface area contributed by atoms with Crippen LogP contribution in [0.25, 0.3) is 0 Å². The lowest BCUT2D eigenvalue weighted by atomic mass is 10.1. The number of rotatable bonds is 5. The molecular formula is C13H17NO3S. The van der Waals surface area contributed by atoms with Gasteiger partial charge in [-0.15, -0.1) is 11.8 Å². The minimum atomic E-state index is -0.884. The highest BCUT2D eigenvalue weighted by atomic mass is 32.2. The molecule has 1 fully saturated rings. The summed E-state index contributed by atoms with van der Waals surface area (Å²) in [6.45, 7) is 2.33. The van der Waals surface area contributed by atoms with E-state index in [0.29, 0.717) is 17.2 Å². The number of hydrogen-bond acceptors (Lipinski definition) is 4. The summed E-state index contributed by atoms with van der Waals surface area (Å²) < 4.78 is 5.31. The van der Waals surface area contributed by atoms with Crippen molar-refractivity contribution in [2.75, 3.05) is 31.3 Å². The largest absolute Gasteiger partial charge is 0.478 e. The molecule has 2 N–H and O–H groups in total. The van der Waals surface area contributed by atoms with Crippen molar-refractivity contribution in [3.8, 4) is 0 Å². The number of ether oxygens (including phenoxy) is 1. The number of anilines is 1. The lowest BCUT2D eigenvalue weighted by molar-refractivity contribution is 0.0694. The molecule has 1 heterocycles. The standard InChI is InChI=1S/C13H17NO3S/c1-18-11-4-2-3-10(12(11)13(15)16)14-7-9-5-6-17-8-9/h2-4,9,14H,5-8H2,1H3,(H,15,16). The van der Waals surface area contributed by atoms with Crippen LogP contribution in [-0.4, -0.2) is 37.1 Å². The molecule has 1 saturated heterocycles. The molecule has 0 amide bonds. The van der Waals surface area contributed by atoms with Gasteiger partial charge in [0.2, 0.25) is 0 Å². The lowest BCUT2D eigenvalue weighted by Gasteiger charge is -2.14. The smallest absolute Gasteiger partial charge is 0.338 e. The Morgan fingerprint density at radius 2 is 2.44 bits per heavy atom. The molecular weight excluding hydrogens is 250 g/mol. The second-order valence-corrected chi connectivity index (χ2v) is 5.15. The van der Waals surface area contributed by atoms with Gasteiger partial charge >= 0.3 is 5.97 Å². The Balaban J connectivity index is 2.13. The quantitative estimate of drug-likeness (QED) is 0.803. The van der Waals surface area contributed by atoms with Crippen molar-refractivity contribution in [2.24, 2.45) is 5.92 Å². The van der Waals surface area contributed by atoms with E-state index < -0.39 is 5.97 Å². The van der Waals surface area contributed by atoms with Gasteiger partial charge in [0, 0.05) is 29.7 Å². The van der Waals surface area contributed by atoms with E-state index in [1.807, 2.05) is 24.5 Å². The van der Waals surface area contributed by atoms with Crippen LogP contribution in [0.4, 0.5) is 5.69 Å². The van der Waals surface area contributed by atoms with Gasteiger partial charge < -0.3 is 15.2 Å². The molecule has 5 heteroatoms. The topological polar surface area (TPSA) is 58.6 Å². The maximum Gasteiger partial charge on any atom is 0.338 e. The number of thioether (sulfide) groups is 1. The van der Waals surface area contributed by atoms with Crippen LogP contribution in [0.15, 0.2) is 23.1 Å². The van der Waals surface area contributed by atoms with E-state index in [4.69, 9.17) is 4.74 Å². The van der Waals surface area contributed by atoms with Crippen molar-refractivity contribution < 1.29 is 14.6 Å². The summed E-state index contributed by atoms with van der Waals surface area (Å²) in [5, 5.41) is 12.5. The summed E-state index contributed by atoms with van der Waals surface area (Å²) in [6, 6.07) is 5.53. The zero-order chi connectivity index (χ0) is 13.0. The van der Waals surface area contributed by atoms with E-state index in [1.54, 1.807) is 0 Å². The van der Waals surface area contributed by atoms with Gasteiger partial charge in [0.15, 0.2) is 0 Å². The van der Waals surface area contributed by atoms with Gasteiger partial charge in [-0.3, -0.25) is 0 Å². The molecule has 1 aliphatic heterocycles. The number of benzene rings is 1. The number of carbonyl (C=O) groups is 1. The third-order valence-electron chi connectivity index (χ3n) is 3.07. The van der Waals surface area contributed by atoms with E-state index >= 15 is 0 Å². The molecule has 0 bridgehead atoms. The van der Waals surface area contributed by atoms with Crippen LogP contribution in [0.2, 0.25) is 0 Å². The average Bonchev–Trinajstić information content (AvgIpc) is 2.88. The summed E-state index contributed by atoms with van der Waals surface area (Å²) >= 11 is 1.45. The van der Waals surface area contributed by atoms with E-state index in [1.165, 1.54) is 11.8 Å². The fourth-order valence-corrected chi connectivity index (χ4v) is 2.68. The van der Waals surface area contributed by atoms with E-state index in [2.05, 4.69) is 5.32 Å². The van der Waals surface area contributed by atoms with Crippen LogP contribution < -0.4 is 5.32 Å². The highest BCUT2D eigenvalue weighted by molar-refractivity contribution is 7.98. The van der Waals surface area contributed by atoms with Gasteiger partial charge in [-0.25, -0.2) is 4.79 Å². The van der Waals surface area contributed by atoms with Crippen LogP contribution in [-0.2, 0) is 4.74 Å². The Labute approximate surface area is 111 Å². The zero-order valence-corrected chi connectivity index (χ0v) is 11.1. The highest BCUT2D eigenvalue weighted by Crippen LogP contribution is 2.27. The first kappa shape index (κ1) is 13.2. The van der Waals surface area contributed by atoms with E-state index in [9.17, 15) is 9.90 Å². The number of nitrogens with one attached hydrogen (secondary N) is 1. The molecule has 0 radical (unpaired) electrons. The Morgan fingerprint density at radius 3 is 3.06 bits per heavy atom. The molecule has 0 saturated carbocycles. The van der Waals surface area contributed by atoms with Gasteiger partial charge in [0.05, 0.1) is 12.2 Å². The average molecular weight is 267 g/mol. The second kappa shape index (κ2) is 6.11. The van der Waals surface area contributed by atoms with Crippen molar-refractivity contribution >= 4 is 23.4 Å². The molecule has 4 nitrogen and oxygen atoms in total. The van der Waals surface area contributed by atoms with E-state index in [0.717, 1.165) is 31.1 Å². The Bertz CT molecular complexity index is 430. The lowest BCUT2D eigenvalue weighted by Crippen LogP contribution is -2.16. The molecule has 1 aliphatic rings. The van der Waals surface area contributed by atoms with Crippen LogP contribution in [0.5, 0.6) is 0 Å². The molecule has 1 unspecified atom stereocenters.